The zero-order valence-corrected chi connectivity index (χ0v) is 12.0. The lowest BCUT2D eigenvalue weighted by Gasteiger charge is -2.31. The van der Waals surface area contributed by atoms with Gasteiger partial charge in [0.1, 0.15) is 5.60 Å². The summed E-state index contributed by atoms with van der Waals surface area (Å²) >= 11 is 0. The first-order valence-corrected chi connectivity index (χ1v) is 6.75. The van der Waals surface area contributed by atoms with Crippen LogP contribution in [0, 0.1) is 5.92 Å². The van der Waals surface area contributed by atoms with Gasteiger partial charge in [0, 0.05) is 19.6 Å². The Morgan fingerprint density at radius 1 is 1.33 bits per heavy atom. The summed E-state index contributed by atoms with van der Waals surface area (Å²) in [5.74, 6) is 0.522. The summed E-state index contributed by atoms with van der Waals surface area (Å²) in [4.78, 5) is 16.9. The van der Waals surface area contributed by atoms with Gasteiger partial charge in [0.15, 0.2) is 0 Å². The monoisotopic (exact) mass is 258 g/mol. The molecule has 18 heavy (non-hydrogen) atoms. The van der Waals surface area contributed by atoms with Crippen LogP contribution in [-0.2, 0) is 9.57 Å². The van der Waals surface area contributed by atoms with E-state index >= 15 is 0 Å². The first-order chi connectivity index (χ1) is 8.40. The van der Waals surface area contributed by atoms with Crippen LogP contribution >= 0.6 is 0 Å². The van der Waals surface area contributed by atoms with E-state index in [-0.39, 0.29) is 6.09 Å². The summed E-state index contributed by atoms with van der Waals surface area (Å²) in [5, 5.41) is 4.84. The number of carbonyl (C=O) groups is 1. The van der Waals surface area contributed by atoms with Crippen LogP contribution in [0.2, 0.25) is 0 Å². The Morgan fingerprint density at radius 2 is 1.94 bits per heavy atom. The molecule has 0 aromatic carbocycles. The fraction of sp³-hybridized carbons (Fsp3) is 0.923. The number of amides is 1. The van der Waals surface area contributed by atoms with E-state index in [2.05, 4.69) is 5.32 Å². The van der Waals surface area contributed by atoms with Crippen LogP contribution in [0.3, 0.4) is 0 Å². The van der Waals surface area contributed by atoms with Crippen molar-refractivity contribution in [3.8, 4) is 0 Å². The Balaban J connectivity index is 2.16. The van der Waals surface area contributed by atoms with Crippen molar-refractivity contribution >= 4 is 6.09 Å². The predicted molar refractivity (Wildman–Crippen MR) is 70.2 cm³/mol. The fourth-order valence-electron chi connectivity index (χ4n) is 1.97. The third-order valence-corrected chi connectivity index (χ3v) is 2.82. The predicted octanol–water partition coefficient (Wildman–Crippen LogP) is 2.17. The SMILES string of the molecule is CCON1CCC(CNC(=O)OC(C)(C)C)CC1. The van der Waals surface area contributed by atoms with E-state index in [1.807, 2.05) is 32.8 Å². The molecule has 106 valence electrons. The summed E-state index contributed by atoms with van der Waals surface area (Å²) in [6.07, 6.45) is 1.78. The van der Waals surface area contributed by atoms with E-state index in [9.17, 15) is 4.79 Å². The second-order valence-corrected chi connectivity index (χ2v) is 5.67. The van der Waals surface area contributed by atoms with E-state index < -0.39 is 5.60 Å². The maximum atomic E-state index is 11.5. The molecule has 0 spiro atoms. The molecule has 5 heteroatoms. The molecular weight excluding hydrogens is 232 g/mol. The molecule has 0 aliphatic carbocycles. The van der Waals surface area contributed by atoms with E-state index in [1.165, 1.54) is 0 Å². The normalized spacial score (nSPS) is 18.7. The maximum absolute atomic E-state index is 11.5. The van der Waals surface area contributed by atoms with Crippen LogP contribution in [0.25, 0.3) is 0 Å². The number of hydrogen-bond donors (Lipinski definition) is 1. The fourth-order valence-corrected chi connectivity index (χ4v) is 1.97. The zero-order valence-electron chi connectivity index (χ0n) is 12.0. The average molecular weight is 258 g/mol. The van der Waals surface area contributed by atoms with Gasteiger partial charge in [-0.1, -0.05) is 0 Å². The molecule has 1 N–H and O–H groups in total. The minimum atomic E-state index is -0.428. The molecule has 0 unspecified atom stereocenters. The summed E-state index contributed by atoms with van der Waals surface area (Å²) in [5.41, 5.74) is -0.428. The van der Waals surface area contributed by atoms with Crippen molar-refractivity contribution in [2.45, 2.75) is 46.1 Å². The number of hydroxylamine groups is 2. The molecule has 0 saturated carbocycles. The summed E-state index contributed by atoms with van der Waals surface area (Å²) in [6.45, 7) is 10.9. The lowest BCUT2D eigenvalue weighted by atomic mass is 9.98. The van der Waals surface area contributed by atoms with Crippen LogP contribution in [0.4, 0.5) is 4.79 Å². The molecule has 0 bridgehead atoms. The highest BCUT2D eigenvalue weighted by molar-refractivity contribution is 5.67. The van der Waals surface area contributed by atoms with E-state index in [0.29, 0.717) is 12.5 Å². The molecule has 1 aliphatic rings. The molecule has 0 aromatic rings. The van der Waals surface area contributed by atoms with E-state index in [0.717, 1.165) is 32.5 Å². The van der Waals surface area contributed by atoms with Gasteiger partial charge in [0.25, 0.3) is 0 Å². The smallest absolute Gasteiger partial charge is 0.407 e. The van der Waals surface area contributed by atoms with E-state index in [1.54, 1.807) is 0 Å². The Labute approximate surface area is 110 Å². The summed E-state index contributed by atoms with van der Waals surface area (Å²) < 4.78 is 5.20. The Bertz CT molecular complexity index is 255. The zero-order chi connectivity index (χ0) is 13.6. The molecule has 1 fully saturated rings. The molecule has 1 heterocycles. The van der Waals surface area contributed by atoms with Crippen LogP contribution < -0.4 is 5.32 Å². The second kappa shape index (κ2) is 6.95. The van der Waals surface area contributed by atoms with Crippen LogP contribution in [0.1, 0.15) is 40.5 Å². The third-order valence-electron chi connectivity index (χ3n) is 2.82. The van der Waals surface area contributed by atoms with Gasteiger partial charge >= 0.3 is 6.09 Å². The topological polar surface area (TPSA) is 50.8 Å². The number of alkyl carbamates (subject to hydrolysis) is 1. The van der Waals surface area contributed by atoms with Crippen molar-refractivity contribution in [2.75, 3.05) is 26.2 Å². The van der Waals surface area contributed by atoms with Gasteiger partial charge < -0.3 is 10.1 Å². The molecule has 1 saturated heterocycles. The number of hydrogen-bond acceptors (Lipinski definition) is 4. The minimum absolute atomic E-state index is 0.324. The van der Waals surface area contributed by atoms with Gasteiger partial charge in [-0.3, -0.25) is 4.84 Å². The molecule has 0 atom stereocenters. The second-order valence-electron chi connectivity index (χ2n) is 5.67. The van der Waals surface area contributed by atoms with Crippen molar-refractivity contribution in [1.29, 1.82) is 0 Å². The van der Waals surface area contributed by atoms with Crippen LogP contribution in [-0.4, -0.2) is 43.0 Å². The summed E-state index contributed by atoms with van der Waals surface area (Å²) in [7, 11) is 0. The largest absolute Gasteiger partial charge is 0.444 e. The highest BCUT2D eigenvalue weighted by Gasteiger charge is 2.21. The molecule has 0 radical (unpaired) electrons. The lowest BCUT2D eigenvalue weighted by Crippen LogP contribution is -2.40. The van der Waals surface area contributed by atoms with Crippen molar-refractivity contribution in [3.05, 3.63) is 0 Å². The Morgan fingerprint density at radius 3 is 2.44 bits per heavy atom. The average Bonchev–Trinajstić information content (AvgIpc) is 2.26. The molecule has 0 aromatic heterocycles. The van der Waals surface area contributed by atoms with Gasteiger partial charge in [-0.2, -0.15) is 5.06 Å². The Hall–Kier alpha value is -0.810. The number of nitrogens with one attached hydrogen (secondary N) is 1. The number of nitrogens with zero attached hydrogens (tertiary/aromatic N) is 1. The quantitative estimate of drug-likeness (QED) is 0.839. The van der Waals surface area contributed by atoms with Gasteiger partial charge in [0.05, 0.1) is 6.61 Å². The molecular formula is C13H26N2O3. The van der Waals surface area contributed by atoms with E-state index in [4.69, 9.17) is 9.57 Å². The molecule has 1 aliphatic heterocycles. The van der Waals surface area contributed by atoms with Gasteiger partial charge in [-0.15, -0.1) is 0 Å². The third kappa shape index (κ3) is 6.21. The van der Waals surface area contributed by atoms with Crippen LogP contribution in [0.15, 0.2) is 0 Å². The molecule has 1 rings (SSSR count). The molecule has 1 amide bonds. The molecule has 5 nitrogen and oxygen atoms in total. The standard InChI is InChI=1S/C13H26N2O3/c1-5-17-15-8-6-11(7-9-15)10-14-12(16)18-13(2,3)4/h11H,5-10H2,1-4H3,(H,14,16). The Kier molecular flexibility index (Phi) is 5.88. The summed E-state index contributed by atoms with van der Waals surface area (Å²) in [6, 6.07) is 0. The van der Waals surface area contributed by atoms with Gasteiger partial charge in [0.2, 0.25) is 0 Å². The van der Waals surface area contributed by atoms with Gasteiger partial charge in [-0.05, 0) is 46.5 Å². The lowest BCUT2D eigenvalue weighted by molar-refractivity contribution is -0.169. The van der Waals surface area contributed by atoms with Gasteiger partial charge in [-0.25, -0.2) is 4.79 Å². The highest BCUT2D eigenvalue weighted by Crippen LogP contribution is 2.16. The number of ether oxygens (including phenoxy) is 1. The van der Waals surface area contributed by atoms with Crippen molar-refractivity contribution in [1.82, 2.24) is 10.4 Å². The van der Waals surface area contributed by atoms with Crippen LogP contribution in [0.5, 0.6) is 0 Å². The van der Waals surface area contributed by atoms with Crippen molar-refractivity contribution in [3.63, 3.8) is 0 Å². The number of piperidine rings is 1. The first kappa shape index (κ1) is 15.2. The van der Waals surface area contributed by atoms with Crippen molar-refractivity contribution < 1.29 is 14.4 Å². The first-order valence-electron chi connectivity index (χ1n) is 6.75. The number of carbonyl (C=O) groups excluding carboxylic acids is 1. The minimum Gasteiger partial charge on any atom is -0.444 e. The maximum Gasteiger partial charge on any atom is 0.407 e. The number of rotatable bonds is 4. The highest BCUT2D eigenvalue weighted by atomic mass is 16.7. The van der Waals surface area contributed by atoms with Crippen molar-refractivity contribution in [2.24, 2.45) is 5.92 Å².